The first kappa shape index (κ1) is 17.0. The molecule has 0 saturated carbocycles. The number of benzene rings is 2. The first-order chi connectivity index (χ1) is 11.0. The van der Waals surface area contributed by atoms with Gasteiger partial charge in [-0.05, 0) is 25.0 Å². The van der Waals surface area contributed by atoms with Gasteiger partial charge in [0, 0.05) is 24.7 Å². The Bertz CT molecular complexity index is 606. The highest BCUT2D eigenvalue weighted by Crippen LogP contribution is 2.22. The van der Waals surface area contributed by atoms with Crippen molar-refractivity contribution in [2.45, 2.75) is 32.5 Å². The van der Waals surface area contributed by atoms with E-state index in [1.807, 2.05) is 50.2 Å². The van der Waals surface area contributed by atoms with Gasteiger partial charge in [0.1, 0.15) is 0 Å². The lowest BCUT2D eigenvalue weighted by Gasteiger charge is -2.36. The van der Waals surface area contributed by atoms with Crippen LogP contribution in [0.2, 0.25) is 0 Å². The Morgan fingerprint density at radius 3 is 1.78 bits per heavy atom. The Morgan fingerprint density at radius 2 is 1.39 bits per heavy atom. The van der Waals surface area contributed by atoms with Crippen molar-refractivity contribution in [3.05, 3.63) is 83.9 Å². The minimum Gasteiger partial charge on any atom is -0.478 e. The standard InChI is InChI=1S/C20H23NO2/c1-20(2,14-13-19(22)23)21(15-17-9-5-3-6-10-17)16-18-11-7-4-8-12-18/h3-14H,15-16H2,1-2H3,(H,22,23)/b14-13+. The minimum atomic E-state index is -0.919. The van der Waals surface area contributed by atoms with Gasteiger partial charge in [0.2, 0.25) is 0 Å². The predicted molar refractivity (Wildman–Crippen MR) is 93.0 cm³/mol. The molecule has 120 valence electrons. The molecule has 2 aromatic rings. The molecule has 3 nitrogen and oxygen atoms in total. The van der Waals surface area contributed by atoms with E-state index in [2.05, 4.69) is 29.2 Å². The smallest absolute Gasteiger partial charge is 0.328 e. The maximum absolute atomic E-state index is 10.9. The van der Waals surface area contributed by atoms with E-state index in [1.165, 1.54) is 17.2 Å². The van der Waals surface area contributed by atoms with Crippen LogP contribution in [0.4, 0.5) is 0 Å². The molecule has 0 aliphatic carbocycles. The van der Waals surface area contributed by atoms with Crippen LogP contribution in [0.25, 0.3) is 0 Å². The summed E-state index contributed by atoms with van der Waals surface area (Å²) in [5.74, 6) is -0.919. The average Bonchev–Trinajstić information content (AvgIpc) is 2.54. The van der Waals surface area contributed by atoms with E-state index in [4.69, 9.17) is 5.11 Å². The van der Waals surface area contributed by atoms with Gasteiger partial charge in [0.15, 0.2) is 0 Å². The number of hydrogen-bond acceptors (Lipinski definition) is 2. The molecule has 23 heavy (non-hydrogen) atoms. The third-order valence-corrected chi connectivity index (χ3v) is 3.88. The monoisotopic (exact) mass is 309 g/mol. The van der Waals surface area contributed by atoms with Crippen LogP contribution in [0.3, 0.4) is 0 Å². The highest BCUT2D eigenvalue weighted by Gasteiger charge is 2.24. The van der Waals surface area contributed by atoms with E-state index in [1.54, 1.807) is 6.08 Å². The van der Waals surface area contributed by atoms with Crippen LogP contribution in [-0.4, -0.2) is 21.5 Å². The molecule has 0 radical (unpaired) electrons. The molecule has 0 aliphatic rings. The largest absolute Gasteiger partial charge is 0.478 e. The van der Waals surface area contributed by atoms with E-state index < -0.39 is 5.97 Å². The van der Waals surface area contributed by atoms with Gasteiger partial charge in [-0.15, -0.1) is 0 Å². The Kier molecular flexibility index (Phi) is 5.72. The summed E-state index contributed by atoms with van der Waals surface area (Å²) in [5, 5.41) is 8.93. The molecule has 0 fully saturated rings. The second-order valence-corrected chi connectivity index (χ2v) is 6.15. The van der Waals surface area contributed by atoms with Gasteiger partial charge in [-0.3, -0.25) is 4.90 Å². The highest BCUT2D eigenvalue weighted by molar-refractivity contribution is 5.79. The summed E-state index contributed by atoms with van der Waals surface area (Å²) >= 11 is 0. The first-order valence-electron chi connectivity index (χ1n) is 7.72. The van der Waals surface area contributed by atoms with Crippen molar-refractivity contribution in [3.8, 4) is 0 Å². The van der Waals surface area contributed by atoms with Crippen molar-refractivity contribution >= 4 is 5.97 Å². The normalized spacial score (nSPS) is 12.0. The van der Waals surface area contributed by atoms with E-state index in [-0.39, 0.29) is 5.54 Å². The van der Waals surface area contributed by atoms with Crippen LogP contribution >= 0.6 is 0 Å². The van der Waals surface area contributed by atoms with Gasteiger partial charge in [0.25, 0.3) is 0 Å². The third-order valence-electron chi connectivity index (χ3n) is 3.88. The maximum atomic E-state index is 10.9. The molecule has 1 N–H and O–H groups in total. The summed E-state index contributed by atoms with van der Waals surface area (Å²) in [6.45, 7) is 5.59. The van der Waals surface area contributed by atoms with Crippen molar-refractivity contribution in [2.24, 2.45) is 0 Å². The highest BCUT2D eigenvalue weighted by atomic mass is 16.4. The van der Waals surface area contributed by atoms with Gasteiger partial charge >= 0.3 is 5.97 Å². The molecule has 0 aliphatic heterocycles. The summed E-state index contributed by atoms with van der Waals surface area (Å²) in [6, 6.07) is 20.5. The fourth-order valence-corrected chi connectivity index (χ4v) is 2.45. The van der Waals surface area contributed by atoms with Crippen molar-refractivity contribution in [3.63, 3.8) is 0 Å². The summed E-state index contributed by atoms with van der Waals surface area (Å²) in [7, 11) is 0. The first-order valence-corrected chi connectivity index (χ1v) is 7.72. The van der Waals surface area contributed by atoms with Gasteiger partial charge in [0.05, 0.1) is 0 Å². The van der Waals surface area contributed by atoms with Crippen molar-refractivity contribution in [2.75, 3.05) is 0 Å². The van der Waals surface area contributed by atoms with E-state index in [0.29, 0.717) is 0 Å². The van der Waals surface area contributed by atoms with E-state index in [9.17, 15) is 4.79 Å². The Balaban J connectivity index is 2.24. The van der Waals surface area contributed by atoms with Gasteiger partial charge < -0.3 is 5.11 Å². The quantitative estimate of drug-likeness (QED) is 0.783. The molecular weight excluding hydrogens is 286 g/mol. The summed E-state index contributed by atoms with van der Waals surface area (Å²) < 4.78 is 0. The lowest BCUT2D eigenvalue weighted by atomic mass is 9.99. The molecule has 0 spiro atoms. The van der Waals surface area contributed by atoms with Crippen molar-refractivity contribution in [1.29, 1.82) is 0 Å². The van der Waals surface area contributed by atoms with Crippen LogP contribution in [0.1, 0.15) is 25.0 Å². The molecule has 2 aromatic carbocycles. The zero-order valence-electron chi connectivity index (χ0n) is 13.6. The van der Waals surface area contributed by atoms with Crippen LogP contribution in [-0.2, 0) is 17.9 Å². The zero-order chi connectivity index (χ0) is 16.7. The van der Waals surface area contributed by atoms with Crippen molar-refractivity contribution < 1.29 is 9.90 Å². The zero-order valence-corrected chi connectivity index (χ0v) is 13.6. The fraction of sp³-hybridized carbons (Fsp3) is 0.250. The van der Waals surface area contributed by atoms with Crippen LogP contribution in [0.15, 0.2) is 72.8 Å². The number of hydrogen-bond donors (Lipinski definition) is 1. The molecule has 0 aromatic heterocycles. The fourth-order valence-electron chi connectivity index (χ4n) is 2.45. The molecule has 2 rings (SSSR count). The molecule has 0 saturated heterocycles. The number of nitrogens with zero attached hydrogens (tertiary/aromatic N) is 1. The van der Waals surface area contributed by atoms with Gasteiger partial charge in [-0.1, -0.05) is 66.7 Å². The molecule has 0 amide bonds. The van der Waals surface area contributed by atoms with Crippen LogP contribution in [0.5, 0.6) is 0 Å². The minimum absolute atomic E-state index is 0.371. The number of carbonyl (C=O) groups is 1. The molecular formula is C20H23NO2. The Hall–Kier alpha value is -2.39. The second kappa shape index (κ2) is 7.75. The molecule has 3 heteroatoms. The number of carboxylic acids is 1. The van der Waals surface area contributed by atoms with E-state index >= 15 is 0 Å². The Labute approximate surface area is 137 Å². The molecule has 0 heterocycles. The van der Waals surface area contributed by atoms with E-state index in [0.717, 1.165) is 13.1 Å². The lowest BCUT2D eigenvalue weighted by molar-refractivity contribution is -0.131. The van der Waals surface area contributed by atoms with Gasteiger partial charge in [-0.25, -0.2) is 4.79 Å². The number of carboxylic acid groups (broad SMARTS) is 1. The van der Waals surface area contributed by atoms with Crippen molar-refractivity contribution in [1.82, 2.24) is 4.90 Å². The summed E-state index contributed by atoms with van der Waals surface area (Å²) in [4.78, 5) is 13.2. The molecule has 0 bridgehead atoms. The molecule has 0 atom stereocenters. The Morgan fingerprint density at radius 1 is 0.957 bits per heavy atom. The lowest BCUT2D eigenvalue weighted by Crippen LogP contribution is -2.41. The SMILES string of the molecule is CC(C)(/C=C/C(=O)O)N(Cc1ccccc1)Cc1ccccc1. The molecule has 0 unspecified atom stereocenters. The van der Waals surface area contributed by atoms with Crippen LogP contribution < -0.4 is 0 Å². The summed E-state index contributed by atoms with van der Waals surface area (Å²) in [6.07, 6.45) is 2.98. The number of rotatable bonds is 7. The number of aliphatic carboxylic acids is 1. The maximum Gasteiger partial charge on any atom is 0.328 e. The van der Waals surface area contributed by atoms with Gasteiger partial charge in [-0.2, -0.15) is 0 Å². The van der Waals surface area contributed by atoms with Crippen LogP contribution in [0, 0.1) is 0 Å². The topological polar surface area (TPSA) is 40.5 Å². The predicted octanol–water partition coefficient (Wildman–Crippen LogP) is 4.11. The second-order valence-electron chi connectivity index (χ2n) is 6.15. The third kappa shape index (κ3) is 5.38. The average molecular weight is 309 g/mol. The summed E-state index contributed by atoms with van der Waals surface area (Å²) in [5.41, 5.74) is 2.05.